The molecule has 3 aromatic carbocycles. The van der Waals surface area contributed by atoms with Gasteiger partial charge in [-0.05, 0) is 65.6 Å². The number of benzene rings is 3. The molecular weight excluding hydrogens is 499 g/mol. The Kier molecular flexibility index (Phi) is 8.43. The molecular formula is C28H28ClFN2O5. The number of carbonyl (C=O) groups excluding carboxylic acids is 1. The van der Waals surface area contributed by atoms with Gasteiger partial charge in [0.1, 0.15) is 17.6 Å². The SMILES string of the molecule is NC(=O)COc1cc(C[C@H]2CCc3c(-c4ccccc4F)cccc32)c(Cl)cc1CNC(CO)C(=O)O. The third-order valence-corrected chi connectivity index (χ3v) is 7.00. The third-order valence-electron chi connectivity index (χ3n) is 6.64. The lowest BCUT2D eigenvalue weighted by Gasteiger charge is -2.19. The van der Waals surface area contributed by atoms with Crippen molar-refractivity contribution in [3.05, 3.63) is 87.7 Å². The lowest BCUT2D eigenvalue weighted by atomic mass is 9.90. The molecule has 4 rings (SSSR count). The Morgan fingerprint density at radius 3 is 2.59 bits per heavy atom. The van der Waals surface area contributed by atoms with Gasteiger partial charge in [0.25, 0.3) is 5.91 Å². The Labute approximate surface area is 219 Å². The second-order valence-corrected chi connectivity index (χ2v) is 9.46. The summed E-state index contributed by atoms with van der Waals surface area (Å²) in [5.74, 6) is -1.60. The van der Waals surface area contributed by atoms with Gasteiger partial charge in [-0.1, -0.05) is 48.0 Å². The Hall–Kier alpha value is -3.46. The van der Waals surface area contributed by atoms with Gasteiger partial charge in [0.05, 0.1) is 6.61 Å². The number of hydrogen-bond donors (Lipinski definition) is 4. The van der Waals surface area contributed by atoms with Crippen molar-refractivity contribution in [2.75, 3.05) is 13.2 Å². The number of carboxylic acid groups (broad SMARTS) is 1. The molecule has 1 unspecified atom stereocenters. The van der Waals surface area contributed by atoms with Crippen LogP contribution in [0.4, 0.5) is 4.39 Å². The predicted octanol–water partition coefficient (Wildman–Crippen LogP) is 3.82. The van der Waals surface area contributed by atoms with Crippen LogP contribution in [0.3, 0.4) is 0 Å². The third kappa shape index (κ3) is 6.10. The van der Waals surface area contributed by atoms with Crippen LogP contribution in [-0.2, 0) is 29.0 Å². The first kappa shape index (κ1) is 26.6. The van der Waals surface area contributed by atoms with Crippen LogP contribution in [0.1, 0.15) is 34.6 Å². The molecule has 0 aromatic heterocycles. The number of aliphatic hydroxyl groups excluding tert-OH is 1. The summed E-state index contributed by atoms with van der Waals surface area (Å²) in [4.78, 5) is 22.6. The molecule has 0 bridgehead atoms. The van der Waals surface area contributed by atoms with Gasteiger partial charge in [-0.25, -0.2) is 4.39 Å². The minimum atomic E-state index is -1.19. The maximum atomic E-state index is 14.5. The number of carboxylic acids is 1. The number of fused-ring (bicyclic) bond motifs is 1. The van der Waals surface area contributed by atoms with Crippen LogP contribution in [0.25, 0.3) is 11.1 Å². The number of carbonyl (C=O) groups is 2. The van der Waals surface area contributed by atoms with Crippen LogP contribution >= 0.6 is 11.6 Å². The van der Waals surface area contributed by atoms with E-state index in [9.17, 15) is 24.2 Å². The molecule has 7 nitrogen and oxygen atoms in total. The van der Waals surface area contributed by atoms with E-state index in [1.165, 1.54) is 6.07 Å². The van der Waals surface area contributed by atoms with Crippen LogP contribution < -0.4 is 15.8 Å². The van der Waals surface area contributed by atoms with Gasteiger partial charge >= 0.3 is 5.97 Å². The molecule has 0 heterocycles. The molecule has 37 heavy (non-hydrogen) atoms. The summed E-state index contributed by atoms with van der Waals surface area (Å²) >= 11 is 6.64. The molecule has 5 N–H and O–H groups in total. The molecule has 0 saturated carbocycles. The van der Waals surface area contributed by atoms with Crippen molar-refractivity contribution >= 4 is 23.5 Å². The summed E-state index contributed by atoms with van der Waals surface area (Å²) in [6.07, 6.45) is 2.28. The Morgan fingerprint density at radius 1 is 1.14 bits per heavy atom. The van der Waals surface area contributed by atoms with Gasteiger partial charge < -0.3 is 20.7 Å². The molecule has 2 atom stereocenters. The lowest BCUT2D eigenvalue weighted by molar-refractivity contribution is -0.140. The number of rotatable bonds is 11. The topological polar surface area (TPSA) is 122 Å². The molecule has 0 aliphatic heterocycles. The number of amides is 1. The molecule has 0 spiro atoms. The van der Waals surface area contributed by atoms with Crippen molar-refractivity contribution in [3.63, 3.8) is 0 Å². The molecule has 0 saturated heterocycles. The fraction of sp³-hybridized carbons (Fsp3) is 0.286. The maximum Gasteiger partial charge on any atom is 0.323 e. The van der Waals surface area contributed by atoms with Crippen molar-refractivity contribution < 1.29 is 28.9 Å². The maximum absolute atomic E-state index is 14.5. The van der Waals surface area contributed by atoms with Gasteiger partial charge in [0, 0.05) is 22.7 Å². The number of primary amides is 1. The molecule has 9 heteroatoms. The van der Waals surface area contributed by atoms with Crippen LogP contribution in [-0.4, -0.2) is 41.3 Å². The zero-order chi connectivity index (χ0) is 26.5. The van der Waals surface area contributed by atoms with E-state index < -0.39 is 24.5 Å². The first-order valence-electron chi connectivity index (χ1n) is 11.9. The molecule has 0 fully saturated rings. The van der Waals surface area contributed by atoms with Crippen molar-refractivity contribution in [2.45, 2.75) is 37.8 Å². The average Bonchev–Trinajstić information content (AvgIpc) is 3.28. The number of aliphatic carboxylic acids is 1. The highest BCUT2D eigenvalue weighted by molar-refractivity contribution is 6.31. The number of aliphatic hydroxyl groups is 1. The van der Waals surface area contributed by atoms with E-state index >= 15 is 0 Å². The average molecular weight is 527 g/mol. The summed E-state index contributed by atoms with van der Waals surface area (Å²) in [7, 11) is 0. The van der Waals surface area contributed by atoms with Crippen LogP contribution in [0.5, 0.6) is 5.75 Å². The smallest absolute Gasteiger partial charge is 0.323 e. The minimum absolute atomic E-state index is 0.0455. The molecule has 0 radical (unpaired) electrons. The van der Waals surface area contributed by atoms with E-state index in [4.69, 9.17) is 22.1 Å². The number of ether oxygens (including phenoxy) is 1. The first-order valence-corrected chi connectivity index (χ1v) is 12.3. The van der Waals surface area contributed by atoms with E-state index in [2.05, 4.69) is 11.4 Å². The van der Waals surface area contributed by atoms with Crippen LogP contribution in [0.2, 0.25) is 5.02 Å². The quantitative estimate of drug-likeness (QED) is 0.301. The van der Waals surface area contributed by atoms with E-state index in [-0.39, 0.29) is 24.9 Å². The highest BCUT2D eigenvalue weighted by Crippen LogP contribution is 2.42. The summed E-state index contributed by atoms with van der Waals surface area (Å²) in [5.41, 5.74) is 10.3. The lowest BCUT2D eigenvalue weighted by Crippen LogP contribution is -2.39. The second-order valence-electron chi connectivity index (χ2n) is 9.05. The van der Waals surface area contributed by atoms with Crippen molar-refractivity contribution in [1.82, 2.24) is 5.32 Å². The molecule has 1 amide bonds. The van der Waals surface area contributed by atoms with Crippen molar-refractivity contribution in [2.24, 2.45) is 5.73 Å². The van der Waals surface area contributed by atoms with E-state index in [1.54, 1.807) is 24.3 Å². The van der Waals surface area contributed by atoms with E-state index in [0.717, 1.165) is 35.1 Å². The Balaban J connectivity index is 1.61. The Morgan fingerprint density at radius 2 is 1.89 bits per heavy atom. The number of nitrogens with two attached hydrogens (primary N) is 1. The molecule has 194 valence electrons. The number of nitrogens with one attached hydrogen (secondary N) is 1. The first-order chi connectivity index (χ1) is 17.8. The van der Waals surface area contributed by atoms with Crippen LogP contribution in [0, 0.1) is 5.82 Å². The zero-order valence-electron chi connectivity index (χ0n) is 20.0. The predicted molar refractivity (Wildman–Crippen MR) is 138 cm³/mol. The fourth-order valence-electron chi connectivity index (χ4n) is 4.83. The largest absolute Gasteiger partial charge is 0.483 e. The van der Waals surface area contributed by atoms with Crippen LogP contribution in [0.15, 0.2) is 54.6 Å². The monoisotopic (exact) mass is 526 g/mol. The molecule has 1 aliphatic rings. The normalized spacial score (nSPS) is 15.3. The Bertz CT molecular complexity index is 1320. The van der Waals surface area contributed by atoms with Gasteiger partial charge in [0.2, 0.25) is 0 Å². The molecule has 1 aliphatic carbocycles. The van der Waals surface area contributed by atoms with Gasteiger partial charge in [-0.15, -0.1) is 0 Å². The minimum Gasteiger partial charge on any atom is -0.483 e. The molecule has 3 aromatic rings. The van der Waals surface area contributed by atoms with Gasteiger partial charge in [-0.3, -0.25) is 14.9 Å². The number of hydrogen-bond acceptors (Lipinski definition) is 5. The highest BCUT2D eigenvalue weighted by atomic mass is 35.5. The standard InChI is InChI=1S/C28H28ClFN2O5/c29-23-11-18(13-32-25(14-33)28(35)36)26(37-15-27(31)34)12-17(23)10-16-8-9-21-19(16)5-3-6-20(21)22-4-1-2-7-24(22)30/h1-7,11-12,16,25,32-33H,8-10,13-15H2,(H2,31,34)(H,35,36)/t16-,25?/m1/s1. The summed E-state index contributed by atoms with van der Waals surface area (Å²) in [6, 6.07) is 15.0. The second kappa shape index (κ2) is 11.7. The van der Waals surface area contributed by atoms with E-state index in [1.807, 2.05) is 18.2 Å². The summed E-state index contributed by atoms with van der Waals surface area (Å²) < 4.78 is 20.1. The zero-order valence-corrected chi connectivity index (χ0v) is 20.8. The van der Waals surface area contributed by atoms with Gasteiger partial charge in [0.15, 0.2) is 6.61 Å². The summed E-state index contributed by atoms with van der Waals surface area (Å²) in [5, 5.41) is 21.7. The summed E-state index contributed by atoms with van der Waals surface area (Å²) in [6.45, 7) is -0.896. The van der Waals surface area contributed by atoms with Crippen molar-refractivity contribution in [3.8, 4) is 16.9 Å². The van der Waals surface area contributed by atoms with Gasteiger partial charge in [-0.2, -0.15) is 0 Å². The van der Waals surface area contributed by atoms with E-state index in [0.29, 0.717) is 28.3 Å². The number of halogens is 2. The van der Waals surface area contributed by atoms with Crippen molar-refractivity contribution in [1.29, 1.82) is 0 Å². The highest BCUT2D eigenvalue weighted by Gasteiger charge is 2.27. The fourth-order valence-corrected chi connectivity index (χ4v) is 5.09.